The van der Waals surface area contributed by atoms with Crippen molar-refractivity contribution in [3.8, 4) is 56.4 Å². The predicted molar refractivity (Wildman–Crippen MR) is 246 cm³/mol. The van der Waals surface area contributed by atoms with Crippen LogP contribution in [-0.4, -0.2) is 15.0 Å². The van der Waals surface area contributed by atoms with Gasteiger partial charge in [-0.05, 0) is 93.7 Å². The highest BCUT2D eigenvalue weighted by molar-refractivity contribution is 6.16. The molecule has 11 aromatic rings. The van der Waals surface area contributed by atoms with Gasteiger partial charge >= 0.3 is 0 Å². The number of furan rings is 1. The third-order valence-electron chi connectivity index (χ3n) is 11.1. The van der Waals surface area contributed by atoms with Crippen LogP contribution in [0.2, 0.25) is 0 Å². The second-order valence-corrected chi connectivity index (χ2v) is 14.9. The molecule has 0 saturated carbocycles. The summed E-state index contributed by atoms with van der Waals surface area (Å²) in [4.78, 5) is 17.4. The molecule has 0 saturated heterocycles. The van der Waals surface area contributed by atoms with E-state index < -0.39 is 0 Å². The lowest BCUT2D eigenvalue weighted by atomic mass is 9.95. The number of hydrogen-bond donors (Lipinski definition) is 0. The molecule has 5 nitrogen and oxygen atoms in total. The zero-order valence-corrected chi connectivity index (χ0v) is 32.5. The first kappa shape index (κ1) is 35.0. The highest BCUT2D eigenvalue weighted by atomic mass is 16.3. The van der Waals surface area contributed by atoms with E-state index >= 15 is 0 Å². The second-order valence-electron chi connectivity index (χ2n) is 14.9. The van der Waals surface area contributed by atoms with Gasteiger partial charge in [-0.2, -0.15) is 0 Å². The van der Waals surface area contributed by atoms with Gasteiger partial charge in [0.25, 0.3) is 0 Å². The van der Waals surface area contributed by atoms with Crippen molar-refractivity contribution in [3.63, 3.8) is 0 Å². The zero-order valence-electron chi connectivity index (χ0n) is 32.5. The minimum Gasteiger partial charge on any atom is -0.456 e. The molecule has 0 atom stereocenters. The Hall–Kier alpha value is -8.15. The number of fused-ring (bicyclic) bond motifs is 4. The fraction of sp³-hybridized carbons (Fsp3) is 0. The summed E-state index contributed by atoms with van der Waals surface area (Å²) in [6, 6.07) is 75.8. The molecule has 9 aromatic carbocycles. The average molecular weight is 769 g/mol. The molecule has 0 bridgehead atoms. The van der Waals surface area contributed by atoms with E-state index in [-0.39, 0.29) is 0 Å². The van der Waals surface area contributed by atoms with E-state index in [9.17, 15) is 0 Å². The van der Waals surface area contributed by atoms with Crippen LogP contribution in [0.1, 0.15) is 0 Å². The molecule has 0 aliphatic heterocycles. The maximum atomic E-state index is 6.75. The van der Waals surface area contributed by atoms with Gasteiger partial charge in [0.15, 0.2) is 17.5 Å². The Labute approximate surface area is 347 Å². The first-order chi connectivity index (χ1) is 29.7. The minimum absolute atomic E-state index is 0.572. The summed E-state index contributed by atoms with van der Waals surface area (Å²) in [7, 11) is 0. The van der Waals surface area contributed by atoms with E-state index in [1.54, 1.807) is 0 Å². The monoisotopic (exact) mass is 768 g/mol. The normalized spacial score (nSPS) is 11.3. The van der Waals surface area contributed by atoms with E-state index in [1.165, 1.54) is 11.1 Å². The molecule has 11 rings (SSSR count). The maximum Gasteiger partial charge on any atom is 0.164 e. The van der Waals surface area contributed by atoms with Crippen molar-refractivity contribution in [1.29, 1.82) is 0 Å². The van der Waals surface area contributed by atoms with E-state index in [4.69, 9.17) is 19.4 Å². The Kier molecular flexibility index (Phi) is 8.75. The fourth-order valence-electron chi connectivity index (χ4n) is 8.13. The second kappa shape index (κ2) is 15.0. The third kappa shape index (κ3) is 6.54. The van der Waals surface area contributed by atoms with E-state index in [0.29, 0.717) is 17.5 Å². The topological polar surface area (TPSA) is 55.1 Å². The average Bonchev–Trinajstić information content (AvgIpc) is 3.69. The number of rotatable bonds is 8. The van der Waals surface area contributed by atoms with Crippen LogP contribution in [0.3, 0.4) is 0 Å². The molecule has 0 aliphatic rings. The molecule has 0 radical (unpaired) electrons. The number of nitrogens with zero attached hydrogens (tertiary/aromatic N) is 4. The summed E-state index contributed by atoms with van der Waals surface area (Å²) in [5.41, 5.74) is 11.9. The lowest BCUT2D eigenvalue weighted by Gasteiger charge is -2.26. The van der Waals surface area contributed by atoms with E-state index in [0.717, 1.165) is 77.6 Å². The lowest BCUT2D eigenvalue weighted by molar-refractivity contribution is 0.669. The van der Waals surface area contributed by atoms with Crippen LogP contribution in [0.15, 0.2) is 223 Å². The van der Waals surface area contributed by atoms with Crippen LogP contribution >= 0.6 is 0 Å². The first-order valence-electron chi connectivity index (χ1n) is 20.1. The van der Waals surface area contributed by atoms with Crippen molar-refractivity contribution in [3.05, 3.63) is 218 Å². The van der Waals surface area contributed by atoms with E-state index in [1.807, 2.05) is 66.7 Å². The minimum atomic E-state index is 0.572. The largest absolute Gasteiger partial charge is 0.456 e. The Bertz CT molecular complexity index is 3220. The summed E-state index contributed by atoms with van der Waals surface area (Å²) in [5, 5.41) is 4.39. The maximum absolute atomic E-state index is 6.75. The standard InChI is InChI=1S/C55H36N4O/c1-5-15-37(16-6-1)38-25-29-46(30-26-38)59(45-23-11-4-12-24-45)47-31-27-39(28-32-47)48-34-44(36-51-52(48)49-33-42-21-13-14-22-43(42)35-50(49)60-51)55-57-53(40-17-7-2-8-18-40)56-54(58-55)41-19-9-3-10-20-41/h1-36H. The van der Waals surface area contributed by atoms with Gasteiger partial charge in [0.2, 0.25) is 0 Å². The fourth-order valence-corrected chi connectivity index (χ4v) is 8.13. The first-order valence-corrected chi connectivity index (χ1v) is 20.1. The molecule has 0 fully saturated rings. The quantitative estimate of drug-likeness (QED) is 0.154. The Morgan fingerprint density at radius 2 is 0.750 bits per heavy atom. The van der Waals surface area contributed by atoms with Crippen LogP contribution in [-0.2, 0) is 0 Å². The molecule has 60 heavy (non-hydrogen) atoms. The molecule has 0 N–H and O–H groups in total. The summed E-state index contributed by atoms with van der Waals surface area (Å²) in [6.45, 7) is 0. The van der Waals surface area contributed by atoms with Crippen molar-refractivity contribution in [1.82, 2.24) is 15.0 Å². The van der Waals surface area contributed by atoms with Crippen LogP contribution in [0.4, 0.5) is 17.1 Å². The highest BCUT2D eigenvalue weighted by Crippen LogP contribution is 2.43. The highest BCUT2D eigenvalue weighted by Gasteiger charge is 2.20. The van der Waals surface area contributed by atoms with Crippen molar-refractivity contribution in [2.45, 2.75) is 0 Å². The molecule has 0 amide bonds. The molecule has 5 heteroatoms. The molecule has 0 aliphatic carbocycles. The predicted octanol–water partition coefficient (Wildman–Crippen LogP) is 14.7. The van der Waals surface area contributed by atoms with Gasteiger partial charge in [0, 0.05) is 44.5 Å². The van der Waals surface area contributed by atoms with Gasteiger partial charge < -0.3 is 9.32 Å². The molecular weight excluding hydrogens is 733 g/mol. The molecule has 0 unspecified atom stereocenters. The van der Waals surface area contributed by atoms with Gasteiger partial charge in [-0.15, -0.1) is 0 Å². The summed E-state index contributed by atoms with van der Waals surface area (Å²) >= 11 is 0. The SMILES string of the molecule is c1ccc(-c2ccc(N(c3ccccc3)c3ccc(-c4cc(-c5nc(-c6ccccc6)nc(-c6ccccc6)n5)cc5oc6cc7ccccc7cc6c45)cc3)cc2)cc1. The number of hydrogen-bond acceptors (Lipinski definition) is 5. The Morgan fingerprint density at radius 3 is 1.32 bits per heavy atom. The Morgan fingerprint density at radius 1 is 0.317 bits per heavy atom. The van der Waals surface area contributed by atoms with Crippen molar-refractivity contribution in [2.75, 3.05) is 4.90 Å². The van der Waals surface area contributed by atoms with Crippen LogP contribution in [0.5, 0.6) is 0 Å². The zero-order chi connectivity index (χ0) is 39.8. The number of benzene rings is 9. The van der Waals surface area contributed by atoms with E-state index in [2.05, 4.69) is 157 Å². The summed E-state index contributed by atoms with van der Waals surface area (Å²) in [6.07, 6.45) is 0. The Balaban J connectivity index is 1.08. The van der Waals surface area contributed by atoms with Gasteiger partial charge in [-0.25, -0.2) is 15.0 Å². The van der Waals surface area contributed by atoms with Crippen molar-refractivity contribution in [2.24, 2.45) is 0 Å². The van der Waals surface area contributed by atoms with Crippen molar-refractivity contribution >= 4 is 49.8 Å². The molecule has 2 aromatic heterocycles. The number of anilines is 3. The summed E-state index contributed by atoms with van der Waals surface area (Å²) < 4.78 is 6.75. The molecule has 282 valence electrons. The van der Waals surface area contributed by atoms with Crippen molar-refractivity contribution < 1.29 is 4.42 Å². The third-order valence-corrected chi connectivity index (χ3v) is 11.1. The molecular formula is C55H36N4O. The van der Waals surface area contributed by atoms with Crippen LogP contribution < -0.4 is 4.90 Å². The van der Waals surface area contributed by atoms with Gasteiger partial charge in [-0.1, -0.05) is 158 Å². The number of aromatic nitrogens is 3. The van der Waals surface area contributed by atoms with Gasteiger partial charge in [0.1, 0.15) is 11.2 Å². The number of para-hydroxylation sites is 1. The summed E-state index contributed by atoms with van der Waals surface area (Å²) in [5.74, 6) is 1.79. The molecule has 0 spiro atoms. The van der Waals surface area contributed by atoms with Crippen LogP contribution in [0, 0.1) is 0 Å². The lowest BCUT2D eigenvalue weighted by Crippen LogP contribution is -2.09. The van der Waals surface area contributed by atoms with Gasteiger partial charge in [0.05, 0.1) is 0 Å². The van der Waals surface area contributed by atoms with Gasteiger partial charge in [-0.3, -0.25) is 0 Å². The molecule has 2 heterocycles. The smallest absolute Gasteiger partial charge is 0.164 e. The van der Waals surface area contributed by atoms with Crippen LogP contribution in [0.25, 0.3) is 89.1 Å².